The molecule has 19 heavy (non-hydrogen) atoms. The van der Waals surface area contributed by atoms with Crippen molar-refractivity contribution in [2.24, 2.45) is 5.92 Å². The van der Waals surface area contributed by atoms with Crippen molar-refractivity contribution < 1.29 is 4.42 Å². The molecule has 0 radical (unpaired) electrons. The molecule has 3 heterocycles. The summed E-state index contributed by atoms with van der Waals surface area (Å²) in [6.07, 6.45) is 6.24. The number of oxazole rings is 1. The van der Waals surface area contributed by atoms with Crippen molar-refractivity contribution >= 4 is 27.0 Å². The molecule has 4 heteroatoms. The monoisotopic (exact) mass is 320 g/mol. The first kappa shape index (κ1) is 11.9. The molecule has 4 rings (SSSR count). The molecule has 2 aliphatic heterocycles. The highest BCUT2D eigenvalue weighted by atomic mass is 79.9. The molecule has 2 aliphatic rings. The molecule has 2 atom stereocenters. The van der Waals surface area contributed by atoms with Crippen LogP contribution in [-0.2, 0) is 6.42 Å². The van der Waals surface area contributed by atoms with Gasteiger partial charge in [-0.2, -0.15) is 0 Å². The number of fused-ring (bicyclic) bond motifs is 3. The Morgan fingerprint density at radius 1 is 1.26 bits per heavy atom. The molecular weight excluding hydrogens is 304 g/mol. The van der Waals surface area contributed by atoms with Gasteiger partial charge in [0, 0.05) is 23.0 Å². The minimum Gasteiger partial charge on any atom is -0.441 e. The van der Waals surface area contributed by atoms with Gasteiger partial charge >= 0.3 is 0 Å². The van der Waals surface area contributed by atoms with Crippen molar-refractivity contribution in [1.82, 2.24) is 10.3 Å². The highest BCUT2D eigenvalue weighted by Gasteiger charge is 2.33. The van der Waals surface area contributed by atoms with Gasteiger partial charge in [0.25, 0.3) is 0 Å². The Balaban J connectivity index is 1.54. The van der Waals surface area contributed by atoms with Crippen molar-refractivity contribution in [3.05, 3.63) is 28.6 Å². The van der Waals surface area contributed by atoms with Crippen molar-refractivity contribution in [2.45, 2.75) is 44.2 Å². The fourth-order valence-electron chi connectivity index (χ4n) is 3.62. The smallest absolute Gasteiger partial charge is 0.195 e. The van der Waals surface area contributed by atoms with E-state index in [1.54, 1.807) is 0 Å². The van der Waals surface area contributed by atoms with Crippen LogP contribution in [-0.4, -0.2) is 17.1 Å². The molecule has 0 spiro atoms. The van der Waals surface area contributed by atoms with E-state index in [-0.39, 0.29) is 0 Å². The lowest BCUT2D eigenvalue weighted by Crippen LogP contribution is -2.38. The Bertz CT molecular complexity index is 597. The number of nitrogens with zero attached hydrogens (tertiary/aromatic N) is 1. The highest BCUT2D eigenvalue weighted by Crippen LogP contribution is 2.33. The van der Waals surface area contributed by atoms with Gasteiger partial charge in [-0.15, -0.1) is 0 Å². The first-order chi connectivity index (χ1) is 9.26. The van der Waals surface area contributed by atoms with Crippen LogP contribution in [0.5, 0.6) is 0 Å². The van der Waals surface area contributed by atoms with E-state index in [1.165, 1.54) is 25.7 Å². The standard InChI is InChI=1S/C15H17BrN2O/c16-10-1-4-14-13(8-10)18-15(19-14)7-9-5-11-2-3-12(6-9)17-11/h1,4,8-9,11-12,17H,2-3,5-7H2. The van der Waals surface area contributed by atoms with Crippen LogP contribution < -0.4 is 5.32 Å². The number of aromatic nitrogens is 1. The number of halogens is 1. The Hall–Kier alpha value is -0.870. The number of hydrogen-bond acceptors (Lipinski definition) is 3. The van der Waals surface area contributed by atoms with E-state index in [2.05, 4.69) is 26.2 Å². The quantitative estimate of drug-likeness (QED) is 0.917. The maximum Gasteiger partial charge on any atom is 0.195 e. The third-order valence-corrected chi connectivity index (χ3v) is 4.92. The molecule has 2 saturated heterocycles. The van der Waals surface area contributed by atoms with Crippen molar-refractivity contribution in [3.63, 3.8) is 0 Å². The second-order valence-corrected chi connectivity index (χ2v) is 6.81. The first-order valence-corrected chi connectivity index (χ1v) is 7.86. The van der Waals surface area contributed by atoms with E-state index in [4.69, 9.17) is 4.42 Å². The van der Waals surface area contributed by atoms with Crippen LogP contribution in [0.2, 0.25) is 0 Å². The summed E-state index contributed by atoms with van der Waals surface area (Å²) in [4.78, 5) is 4.62. The summed E-state index contributed by atoms with van der Waals surface area (Å²) in [5, 5.41) is 3.68. The van der Waals surface area contributed by atoms with E-state index < -0.39 is 0 Å². The van der Waals surface area contributed by atoms with E-state index >= 15 is 0 Å². The Labute approximate surface area is 120 Å². The average Bonchev–Trinajstić information content (AvgIpc) is 2.92. The summed E-state index contributed by atoms with van der Waals surface area (Å²) in [7, 11) is 0. The van der Waals surface area contributed by atoms with Gasteiger partial charge in [0.2, 0.25) is 0 Å². The number of rotatable bonds is 2. The van der Waals surface area contributed by atoms with Crippen LogP contribution >= 0.6 is 15.9 Å². The predicted octanol–water partition coefficient (Wildman–Crippen LogP) is 3.66. The fourth-order valence-corrected chi connectivity index (χ4v) is 3.97. The molecule has 1 aromatic carbocycles. The molecule has 2 fully saturated rings. The van der Waals surface area contributed by atoms with Crippen molar-refractivity contribution in [3.8, 4) is 0 Å². The zero-order valence-electron chi connectivity index (χ0n) is 10.7. The zero-order valence-corrected chi connectivity index (χ0v) is 12.3. The van der Waals surface area contributed by atoms with Crippen LogP contribution in [0.3, 0.4) is 0 Å². The zero-order chi connectivity index (χ0) is 12.8. The van der Waals surface area contributed by atoms with E-state index in [0.717, 1.165) is 45.9 Å². The number of nitrogens with one attached hydrogen (secondary N) is 1. The molecule has 1 N–H and O–H groups in total. The van der Waals surface area contributed by atoms with Crippen LogP contribution in [0.1, 0.15) is 31.6 Å². The van der Waals surface area contributed by atoms with Gasteiger partial charge in [0.1, 0.15) is 5.52 Å². The molecule has 100 valence electrons. The van der Waals surface area contributed by atoms with Gasteiger partial charge in [-0.1, -0.05) is 15.9 Å². The Morgan fingerprint density at radius 2 is 2.05 bits per heavy atom. The normalized spacial score (nSPS) is 30.1. The van der Waals surface area contributed by atoms with Crippen LogP contribution in [0.25, 0.3) is 11.1 Å². The molecule has 2 unspecified atom stereocenters. The minimum absolute atomic E-state index is 0.732. The molecule has 3 nitrogen and oxygen atoms in total. The Morgan fingerprint density at radius 3 is 2.84 bits per heavy atom. The first-order valence-electron chi connectivity index (χ1n) is 7.07. The van der Waals surface area contributed by atoms with Crippen LogP contribution in [0.4, 0.5) is 0 Å². The lowest BCUT2D eigenvalue weighted by Gasteiger charge is -2.28. The van der Waals surface area contributed by atoms with Gasteiger partial charge in [-0.05, 0) is 49.8 Å². The number of hydrogen-bond donors (Lipinski definition) is 1. The fraction of sp³-hybridized carbons (Fsp3) is 0.533. The molecular formula is C15H17BrN2O. The predicted molar refractivity (Wildman–Crippen MR) is 78.1 cm³/mol. The lowest BCUT2D eigenvalue weighted by atomic mass is 9.90. The SMILES string of the molecule is Brc1ccc2oc(CC3CC4CCC(C3)N4)nc2c1. The molecule has 1 aromatic heterocycles. The summed E-state index contributed by atoms with van der Waals surface area (Å²) in [5.41, 5.74) is 1.86. The molecule has 0 amide bonds. The molecule has 2 aromatic rings. The van der Waals surface area contributed by atoms with Crippen molar-refractivity contribution in [2.75, 3.05) is 0 Å². The minimum atomic E-state index is 0.732. The maximum absolute atomic E-state index is 5.86. The number of benzene rings is 1. The van der Waals surface area contributed by atoms with Crippen molar-refractivity contribution in [1.29, 1.82) is 0 Å². The average molecular weight is 321 g/mol. The van der Waals surface area contributed by atoms with E-state index in [9.17, 15) is 0 Å². The third-order valence-electron chi connectivity index (χ3n) is 4.43. The summed E-state index contributed by atoms with van der Waals surface area (Å²) in [5.74, 6) is 1.63. The van der Waals surface area contributed by atoms with Crippen LogP contribution in [0.15, 0.2) is 27.1 Å². The summed E-state index contributed by atoms with van der Waals surface area (Å²) < 4.78 is 6.92. The van der Waals surface area contributed by atoms with Gasteiger partial charge in [0.05, 0.1) is 0 Å². The van der Waals surface area contributed by atoms with E-state index in [0.29, 0.717) is 0 Å². The summed E-state index contributed by atoms with van der Waals surface area (Å²) in [6.45, 7) is 0. The van der Waals surface area contributed by atoms with Crippen LogP contribution in [0, 0.1) is 5.92 Å². The molecule has 0 aliphatic carbocycles. The second kappa shape index (κ2) is 4.60. The van der Waals surface area contributed by atoms with Gasteiger partial charge in [-0.3, -0.25) is 0 Å². The Kier molecular flexibility index (Phi) is 2.88. The number of piperidine rings is 1. The maximum atomic E-state index is 5.86. The van der Waals surface area contributed by atoms with Gasteiger partial charge in [0.15, 0.2) is 11.5 Å². The third kappa shape index (κ3) is 2.32. The summed E-state index contributed by atoms with van der Waals surface area (Å²) >= 11 is 3.47. The summed E-state index contributed by atoms with van der Waals surface area (Å²) in [6, 6.07) is 7.49. The lowest BCUT2D eigenvalue weighted by molar-refractivity contribution is 0.284. The topological polar surface area (TPSA) is 38.1 Å². The largest absolute Gasteiger partial charge is 0.441 e. The molecule has 2 bridgehead atoms. The second-order valence-electron chi connectivity index (χ2n) is 5.90. The van der Waals surface area contributed by atoms with Gasteiger partial charge in [-0.25, -0.2) is 4.98 Å². The van der Waals surface area contributed by atoms with Gasteiger partial charge < -0.3 is 9.73 Å². The van der Waals surface area contributed by atoms with E-state index in [1.807, 2.05) is 18.2 Å². The highest BCUT2D eigenvalue weighted by molar-refractivity contribution is 9.10. The molecule has 0 saturated carbocycles.